The van der Waals surface area contributed by atoms with E-state index in [1.807, 2.05) is 0 Å². The zero-order valence-corrected chi connectivity index (χ0v) is 9.12. The number of nitrogens with two attached hydrogens (primary N) is 1. The van der Waals surface area contributed by atoms with Crippen LogP contribution in [-0.4, -0.2) is 6.04 Å². The Morgan fingerprint density at radius 2 is 1.57 bits per heavy atom. The van der Waals surface area contributed by atoms with Gasteiger partial charge in [0.2, 0.25) is 0 Å². The van der Waals surface area contributed by atoms with Crippen LogP contribution in [0.2, 0.25) is 0 Å². The fourth-order valence-corrected chi connectivity index (χ4v) is 3.95. The molecule has 2 N–H and O–H groups in total. The van der Waals surface area contributed by atoms with Gasteiger partial charge < -0.3 is 5.73 Å². The van der Waals surface area contributed by atoms with Gasteiger partial charge in [0.05, 0.1) is 0 Å². The standard InChI is InChI=1S/C13H23N/c14-12(8-9-4-3-5-9)13-10-6-1-2-7-11(10)13/h9-13H,1-8,14H2. The maximum Gasteiger partial charge on any atom is 0.00753 e. The van der Waals surface area contributed by atoms with Crippen molar-refractivity contribution in [1.82, 2.24) is 0 Å². The monoisotopic (exact) mass is 193 g/mol. The molecule has 3 rings (SSSR count). The fraction of sp³-hybridized carbons (Fsp3) is 1.00. The third kappa shape index (κ3) is 1.50. The highest BCUT2D eigenvalue weighted by Crippen LogP contribution is 2.57. The van der Waals surface area contributed by atoms with Crippen LogP contribution in [0, 0.1) is 23.7 Å². The molecule has 3 unspecified atom stereocenters. The zero-order chi connectivity index (χ0) is 9.54. The third-order valence-electron chi connectivity index (χ3n) is 5.05. The Hall–Kier alpha value is -0.0400. The van der Waals surface area contributed by atoms with Crippen LogP contribution in [0.15, 0.2) is 0 Å². The minimum Gasteiger partial charge on any atom is -0.327 e. The second-order valence-electron chi connectivity index (χ2n) is 5.89. The smallest absolute Gasteiger partial charge is 0.00753 e. The summed E-state index contributed by atoms with van der Waals surface area (Å²) in [5.74, 6) is 4.06. The molecule has 1 nitrogen and oxygen atoms in total. The van der Waals surface area contributed by atoms with Crippen LogP contribution in [-0.2, 0) is 0 Å². The summed E-state index contributed by atoms with van der Waals surface area (Å²) < 4.78 is 0. The molecule has 0 aromatic rings. The van der Waals surface area contributed by atoms with Crippen molar-refractivity contribution < 1.29 is 0 Å². The van der Waals surface area contributed by atoms with Crippen molar-refractivity contribution in [3.05, 3.63) is 0 Å². The summed E-state index contributed by atoms with van der Waals surface area (Å²) in [4.78, 5) is 0. The molecule has 0 bridgehead atoms. The lowest BCUT2D eigenvalue weighted by Gasteiger charge is -2.28. The average Bonchev–Trinajstić information content (AvgIpc) is 2.85. The zero-order valence-electron chi connectivity index (χ0n) is 9.12. The maximum atomic E-state index is 6.35. The van der Waals surface area contributed by atoms with Gasteiger partial charge in [-0.3, -0.25) is 0 Å². The highest BCUT2D eigenvalue weighted by Gasteiger charge is 2.53. The molecule has 3 saturated carbocycles. The Morgan fingerprint density at radius 1 is 0.929 bits per heavy atom. The normalized spacial score (nSPS) is 43.9. The maximum absolute atomic E-state index is 6.35. The van der Waals surface area contributed by atoms with Crippen molar-refractivity contribution in [2.24, 2.45) is 29.4 Å². The van der Waals surface area contributed by atoms with Gasteiger partial charge in [-0.25, -0.2) is 0 Å². The summed E-state index contributed by atoms with van der Waals surface area (Å²) in [7, 11) is 0. The molecule has 1 heteroatoms. The van der Waals surface area contributed by atoms with E-state index in [0.29, 0.717) is 6.04 Å². The van der Waals surface area contributed by atoms with E-state index < -0.39 is 0 Å². The van der Waals surface area contributed by atoms with Crippen molar-refractivity contribution >= 4 is 0 Å². The Morgan fingerprint density at radius 3 is 2.07 bits per heavy atom. The summed E-state index contributed by atoms with van der Waals surface area (Å²) in [5, 5.41) is 0. The molecule has 3 aliphatic carbocycles. The van der Waals surface area contributed by atoms with Gasteiger partial charge in [0.15, 0.2) is 0 Å². The van der Waals surface area contributed by atoms with Gasteiger partial charge in [0, 0.05) is 6.04 Å². The second-order valence-corrected chi connectivity index (χ2v) is 5.89. The Labute approximate surface area is 87.4 Å². The lowest BCUT2D eigenvalue weighted by molar-refractivity contribution is 0.263. The highest BCUT2D eigenvalue weighted by molar-refractivity contribution is 5.04. The van der Waals surface area contributed by atoms with Crippen LogP contribution in [0.1, 0.15) is 51.4 Å². The van der Waals surface area contributed by atoms with Crippen LogP contribution in [0.3, 0.4) is 0 Å². The quantitative estimate of drug-likeness (QED) is 0.732. The third-order valence-corrected chi connectivity index (χ3v) is 5.05. The van der Waals surface area contributed by atoms with Crippen LogP contribution in [0.5, 0.6) is 0 Å². The molecule has 0 heterocycles. The van der Waals surface area contributed by atoms with Gasteiger partial charge in [-0.1, -0.05) is 32.1 Å². The van der Waals surface area contributed by atoms with E-state index in [-0.39, 0.29) is 0 Å². The molecule has 0 aliphatic heterocycles. The van der Waals surface area contributed by atoms with E-state index in [9.17, 15) is 0 Å². The van der Waals surface area contributed by atoms with E-state index in [0.717, 1.165) is 23.7 Å². The Bertz CT molecular complexity index is 197. The molecule has 14 heavy (non-hydrogen) atoms. The van der Waals surface area contributed by atoms with Crippen molar-refractivity contribution in [3.8, 4) is 0 Å². The van der Waals surface area contributed by atoms with Gasteiger partial charge in [-0.2, -0.15) is 0 Å². The van der Waals surface area contributed by atoms with Crippen molar-refractivity contribution in [2.45, 2.75) is 57.4 Å². The Kier molecular flexibility index (Phi) is 2.31. The van der Waals surface area contributed by atoms with Crippen molar-refractivity contribution in [3.63, 3.8) is 0 Å². The van der Waals surface area contributed by atoms with Crippen molar-refractivity contribution in [1.29, 1.82) is 0 Å². The van der Waals surface area contributed by atoms with E-state index in [4.69, 9.17) is 5.73 Å². The molecular weight excluding hydrogens is 170 g/mol. The molecule has 0 aromatic carbocycles. The minimum atomic E-state index is 0.563. The molecule has 0 saturated heterocycles. The lowest BCUT2D eigenvalue weighted by Crippen LogP contribution is -2.29. The van der Waals surface area contributed by atoms with Gasteiger partial charge in [0.25, 0.3) is 0 Å². The topological polar surface area (TPSA) is 26.0 Å². The van der Waals surface area contributed by atoms with Crippen LogP contribution < -0.4 is 5.73 Å². The summed E-state index contributed by atoms with van der Waals surface area (Å²) in [6.45, 7) is 0. The first-order chi connectivity index (χ1) is 6.86. The highest BCUT2D eigenvalue weighted by atomic mass is 14.7. The molecule has 0 radical (unpaired) electrons. The first-order valence-electron chi connectivity index (χ1n) is 6.62. The van der Waals surface area contributed by atoms with Gasteiger partial charge in [0.1, 0.15) is 0 Å². The molecule has 3 atom stereocenters. The van der Waals surface area contributed by atoms with E-state index >= 15 is 0 Å². The van der Waals surface area contributed by atoms with E-state index in [1.54, 1.807) is 0 Å². The Balaban J connectivity index is 1.50. The molecule has 80 valence electrons. The summed E-state index contributed by atoms with van der Waals surface area (Å²) in [5.41, 5.74) is 6.35. The number of fused-ring (bicyclic) bond motifs is 1. The summed E-state index contributed by atoms with van der Waals surface area (Å²) >= 11 is 0. The predicted molar refractivity (Wildman–Crippen MR) is 58.9 cm³/mol. The largest absolute Gasteiger partial charge is 0.327 e. The number of rotatable bonds is 3. The second kappa shape index (κ2) is 3.52. The van der Waals surface area contributed by atoms with Gasteiger partial charge in [-0.15, -0.1) is 0 Å². The molecule has 0 aromatic heterocycles. The van der Waals surface area contributed by atoms with Crippen LogP contribution in [0.4, 0.5) is 0 Å². The number of hydrogen-bond donors (Lipinski definition) is 1. The molecule has 0 spiro atoms. The lowest BCUT2D eigenvalue weighted by atomic mass is 9.80. The molecule has 3 fully saturated rings. The molecular formula is C13H23N. The molecule has 0 amide bonds. The van der Waals surface area contributed by atoms with E-state index in [1.165, 1.54) is 51.4 Å². The minimum absolute atomic E-state index is 0.563. The fourth-order valence-electron chi connectivity index (χ4n) is 3.95. The summed E-state index contributed by atoms with van der Waals surface area (Å²) in [6, 6.07) is 0.563. The average molecular weight is 193 g/mol. The SMILES string of the molecule is NC(CC1CCC1)C1C2CCCCC21. The summed E-state index contributed by atoms with van der Waals surface area (Å²) in [6.07, 6.45) is 11.7. The first kappa shape index (κ1) is 9.21. The predicted octanol–water partition coefficient (Wildman–Crippen LogP) is 2.94. The van der Waals surface area contributed by atoms with Crippen LogP contribution in [0.25, 0.3) is 0 Å². The van der Waals surface area contributed by atoms with Crippen molar-refractivity contribution in [2.75, 3.05) is 0 Å². The van der Waals surface area contributed by atoms with E-state index in [2.05, 4.69) is 0 Å². The molecule has 3 aliphatic rings. The van der Waals surface area contributed by atoms with Gasteiger partial charge in [-0.05, 0) is 42.9 Å². The van der Waals surface area contributed by atoms with Gasteiger partial charge >= 0.3 is 0 Å². The number of hydrogen-bond acceptors (Lipinski definition) is 1. The van der Waals surface area contributed by atoms with Crippen LogP contribution >= 0.6 is 0 Å². The first-order valence-corrected chi connectivity index (χ1v) is 6.62.